The van der Waals surface area contributed by atoms with Crippen LogP contribution in [0.1, 0.15) is 42.5 Å². The van der Waals surface area contributed by atoms with E-state index in [9.17, 15) is 14.7 Å². The van der Waals surface area contributed by atoms with E-state index in [1.807, 2.05) is 66.7 Å². The van der Waals surface area contributed by atoms with Crippen LogP contribution in [0.2, 0.25) is 0 Å². The number of hydrogen-bond donors (Lipinski definition) is 1. The summed E-state index contributed by atoms with van der Waals surface area (Å²) in [5, 5.41) is 13.3. The first kappa shape index (κ1) is 21.6. The summed E-state index contributed by atoms with van der Waals surface area (Å²) in [6, 6.07) is 23.7. The average Bonchev–Trinajstić information content (AvgIpc) is 3.14. The molecule has 1 aromatic heterocycles. The van der Waals surface area contributed by atoms with Gasteiger partial charge in [0.15, 0.2) is 0 Å². The Morgan fingerprint density at radius 1 is 0.912 bits per heavy atom. The number of rotatable bonds is 4. The minimum atomic E-state index is -0.787. The monoisotopic (exact) mass is 448 g/mol. The van der Waals surface area contributed by atoms with Gasteiger partial charge in [0.2, 0.25) is 0 Å². The summed E-state index contributed by atoms with van der Waals surface area (Å²) in [7, 11) is 0. The molecule has 5 heteroatoms. The van der Waals surface area contributed by atoms with Crippen LogP contribution in [0.15, 0.2) is 96.8 Å². The molecule has 1 saturated heterocycles. The second-order valence-corrected chi connectivity index (χ2v) is 8.76. The van der Waals surface area contributed by atoms with Gasteiger partial charge in [0.05, 0.1) is 11.6 Å². The lowest BCUT2D eigenvalue weighted by Crippen LogP contribution is -2.29. The zero-order valence-corrected chi connectivity index (χ0v) is 19.0. The van der Waals surface area contributed by atoms with E-state index in [0.29, 0.717) is 22.7 Å². The van der Waals surface area contributed by atoms with E-state index in [1.54, 1.807) is 24.5 Å². The predicted molar refractivity (Wildman–Crippen MR) is 133 cm³/mol. The Kier molecular flexibility index (Phi) is 5.46. The van der Waals surface area contributed by atoms with E-state index < -0.39 is 17.7 Å². The van der Waals surface area contributed by atoms with Crippen molar-refractivity contribution in [1.29, 1.82) is 0 Å². The molecule has 0 radical (unpaired) electrons. The molecule has 0 saturated carbocycles. The maximum absolute atomic E-state index is 13.3. The third-order valence-electron chi connectivity index (χ3n) is 6.31. The number of nitrogens with zero attached hydrogens (tertiary/aromatic N) is 2. The number of carbonyl (C=O) groups excluding carboxylic acids is 2. The van der Waals surface area contributed by atoms with Crippen LogP contribution in [-0.2, 0) is 9.59 Å². The van der Waals surface area contributed by atoms with Gasteiger partial charge in [0.25, 0.3) is 11.7 Å². The molecule has 34 heavy (non-hydrogen) atoms. The molecule has 5 rings (SSSR count). The van der Waals surface area contributed by atoms with E-state index in [2.05, 4.69) is 18.8 Å². The third-order valence-corrected chi connectivity index (χ3v) is 6.31. The molecule has 1 fully saturated rings. The van der Waals surface area contributed by atoms with Gasteiger partial charge in [-0.15, -0.1) is 0 Å². The van der Waals surface area contributed by atoms with Crippen molar-refractivity contribution in [2.45, 2.75) is 25.8 Å². The van der Waals surface area contributed by atoms with Gasteiger partial charge in [-0.1, -0.05) is 68.4 Å². The molecule has 5 nitrogen and oxygen atoms in total. The quantitative estimate of drug-likeness (QED) is 0.237. The van der Waals surface area contributed by atoms with Crippen LogP contribution in [-0.4, -0.2) is 21.8 Å². The van der Waals surface area contributed by atoms with Crippen LogP contribution in [0.5, 0.6) is 0 Å². The number of benzene rings is 3. The molecule has 3 aromatic carbocycles. The van der Waals surface area contributed by atoms with Crippen LogP contribution < -0.4 is 4.90 Å². The van der Waals surface area contributed by atoms with Crippen LogP contribution in [0.4, 0.5) is 5.69 Å². The fourth-order valence-electron chi connectivity index (χ4n) is 4.46. The minimum absolute atomic E-state index is 0.0567. The smallest absolute Gasteiger partial charge is 0.300 e. The van der Waals surface area contributed by atoms with Crippen LogP contribution in [0.25, 0.3) is 16.5 Å². The summed E-state index contributed by atoms with van der Waals surface area (Å²) >= 11 is 0. The van der Waals surface area contributed by atoms with Crippen LogP contribution in [0.3, 0.4) is 0 Å². The standard InChI is InChI=1S/C29H24N2O3/c1-18(2)19-11-13-24(14-12-19)31-26(23-8-5-15-30-17-23)25(28(33)29(31)34)27(32)22-10-9-20-6-3-4-7-21(20)16-22/h3-18,26,32H,1-2H3/b27-25-. The highest BCUT2D eigenvalue weighted by atomic mass is 16.3. The molecule has 0 spiro atoms. The zero-order valence-electron chi connectivity index (χ0n) is 19.0. The van der Waals surface area contributed by atoms with Gasteiger partial charge in [0.1, 0.15) is 5.76 Å². The molecule has 2 heterocycles. The largest absolute Gasteiger partial charge is 0.507 e. The Morgan fingerprint density at radius 3 is 2.32 bits per heavy atom. The number of aromatic nitrogens is 1. The lowest BCUT2D eigenvalue weighted by atomic mass is 9.95. The molecule has 1 aliphatic heterocycles. The number of Topliss-reactive ketones (excluding diaryl/α,β-unsaturated/α-hetero) is 1. The van der Waals surface area contributed by atoms with E-state index >= 15 is 0 Å². The lowest BCUT2D eigenvalue weighted by Gasteiger charge is -2.25. The molecule has 0 bridgehead atoms. The Morgan fingerprint density at radius 2 is 1.65 bits per heavy atom. The van der Waals surface area contributed by atoms with Crippen LogP contribution >= 0.6 is 0 Å². The van der Waals surface area contributed by atoms with Crippen molar-refractivity contribution in [1.82, 2.24) is 4.98 Å². The summed E-state index contributed by atoms with van der Waals surface area (Å²) in [6.45, 7) is 4.20. The van der Waals surface area contributed by atoms with E-state index in [-0.39, 0.29) is 11.3 Å². The van der Waals surface area contributed by atoms with Gasteiger partial charge in [-0.25, -0.2) is 0 Å². The summed E-state index contributed by atoms with van der Waals surface area (Å²) in [5.74, 6) is -1.24. The maximum Gasteiger partial charge on any atom is 0.300 e. The maximum atomic E-state index is 13.3. The second kappa shape index (κ2) is 8.60. The molecule has 1 atom stereocenters. The van der Waals surface area contributed by atoms with E-state index in [0.717, 1.165) is 16.3 Å². The van der Waals surface area contributed by atoms with Crippen molar-refractivity contribution in [2.75, 3.05) is 4.90 Å². The zero-order chi connectivity index (χ0) is 23.8. The normalized spacial score (nSPS) is 17.6. The number of hydrogen-bond acceptors (Lipinski definition) is 4. The number of fused-ring (bicyclic) bond motifs is 1. The van der Waals surface area contributed by atoms with Crippen molar-refractivity contribution in [3.05, 3.63) is 114 Å². The van der Waals surface area contributed by atoms with Gasteiger partial charge < -0.3 is 5.11 Å². The number of ketones is 1. The number of carbonyl (C=O) groups is 2. The SMILES string of the molecule is CC(C)c1ccc(N2C(=O)C(=O)/C(=C(\O)c3ccc4ccccc4c3)C2c2cccnc2)cc1. The van der Waals surface area contributed by atoms with Crippen LogP contribution in [0, 0.1) is 0 Å². The number of aliphatic hydroxyl groups is 1. The highest BCUT2D eigenvalue weighted by Gasteiger charge is 2.47. The first-order valence-electron chi connectivity index (χ1n) is 11.3. The minimum Gasteiger partial charge on any atom is -0.507 e. The predicted octanol–water partition coefficient (Wildman–Crippen LogP) is 5.98. The van der Waals surface area contributed by atoms with Gasteiger partial charge in [-0.2, -0.15) is 0 Å². The molecule has 1 amide bonds. The fourth-order valence-corrected chi connectivity index (χ4v) is 4.46. The first-order chi connectivity index (χ1) is 16.5. The number of aliphatic hydroxyl groups excluding tert-OH is 1. The van der Waals surface area contributed by atoms with Gasteiger partial charge in [-0.3, -0.25) is 19.5 Å². The lowest BCUT2D eigenvalue weighted by molar-refractivity contribution is -0.132. The molecule has 4 aromatic rings. The van der Waals surface area contributed by atoms with Crippen molar-refractivity contribution >= 4 is 33.9 Å². The Labute approximate surface area is 198 Å². The molecular formula is C29H24N2O3. The summed E-state index contributed by atoms with van der Waals surface area (Å²) < 4.78 is 0. The van der Waals surface area contributed by atoms with Crippen molar-refractivity contribution in [3.63, 3.8) is 0 Å². The summed E-state index contributed by atoms with van der Waals surface area (Å²) in [5.41, 5.74) is 2.92. The van der Waals surface area contributed by atoms with Crippen molar-refractivity contribution in [3.8, 4) is 0 Å². The van der Waals surface area contributed by atoms with Gasteiger partial charge in [-0.05, 0) is 52.1 Å². The molecular weight excluding hydrogens is 424 g/mol. The highest BCUT2D eigenvalue weighted by Crippen LogP contribution is 2.42. The van der Waals surface area contributed by atoms with Gasteiger partial charge >= 0.3 is 0 Å². The highest BCUT2D eigenvalue weighted by molar-refractivity contribution is 6.51. The van der Waals surface area contributed by atoms with E-state index in [1.165, 1.54) is 4.90 Å². The molecule has 1 N–H and O–H groups in total. The van der Waals surface area contributed by atoms with Crippen molar-refractivity contribution in [2.24, 2.45) is 0 Å². The molecule has 0 aliphatic carbocycles. The number of pyridine rings is 1. The number of amides is 1. The third kappa shape index (κ3) is 3.65. The molecule has 1 aliphatic rings. The van der Waals surface area contributed by atoms with Crippen molar-refractivity contribution < 1.29 is 14.7 Å². The summed E-state index contributed by atoms with van der Waals surface area (Å²) in [6.07, 6.45) is 3.26. The fraction of sp³-hybridized carbons (Fsp3) is 0.138. The Bertz CT molecular complexity index is 1420. The first-order valence-corrected chi connectivity index (χ1v) is 11.3. The summed E-state index contributed by atoms with van der Waals surface area (Å²) in [4.78, 5) is 32.2. The molecule has 168 valence electrons. The van der Waals surface area contributed by atoms with Gasteiger partial charge in [0, 0.05) is 23.6 Å². The second-order valence-electron chi connectivity index (χ2n) is 8.76. The Hall–Kier alpha value is -4.25. The topological polar surface area (TPSA) is 70.5 Å². The average molecular weight is 449 g/mol. The number of anilines is 1. The Balaban J connectivity index is 1.69. The molecule has 1 unspecified atom stereocenters. The van der Waals surface area contributed by atoms with E-state index in [4.69, 9.17) is 0 Å².